The number of aromatic carboxylic acids is 1. The molecule has 0 bridgehead atoms. The summed E-state index contributed by atoms with van der Waals surface area (Å²) in [6.45, 7) is 4.17. The van der Waals surface area contributed by atoms with Crippen LogP contribution in [-0.2, 0) is 0 Å². The molecule has 1 aromatic heterocycles. The minimum Gasteiger partial charge on any atom is -0.477 e. The van der Waals surface area contributed by atoms with Crippen LogP contribution in [0.2, 0.25) is 0 Å². The van der Waals surface area contributed by atoms with Crippen LogP contribution in [0.3, 0.4) is 0 Å². The highest BCUT2D eigenvalue weighted by Gasteiger charge is 2.16. The molecular formula is C14H14O2S. The third kappa shape index (κ3) is 2.39. The molecule has 17 heavy (non-hydrogen) atoms. The molecule has 0 amide bonds. The van der Waals surface area contributed by atoms with Crippen molar-refractivity contribution < 1.29 is 9.90 Å². The minimum absolute atomic E-state index is 0.328. The van der Waals surface area contributed by atoms with Crippen LogP contribution in [0.5, 0.6) is 0 Å². The summed E-state index contributed by atoms with van der Waals surface area (Å²) in [6, 6.07) is 11.7. The van der Waals surface area contributed by atoms with Gasteiger partial charge in [0.15, 0.2) is 0 Å². The Morgan fingerprint density at radius 2 is 1.88 bits per heavy atom. The van der Waals surface area contributed by atoms with Crippen molar-refractivity contribution in [1.29, 1.82) is 0 Å². The van der Waals surface area contributed by atoms with Gasteiger partial charge in [0.05, 0.1) is 0 Å². The lowest BCUT2D eigenvalue weighted by molar-refractivity contribution is 0.0702. The second-order valence-electron chi connectivity index (χ2n) is 4.22. The van der Waals surface area contributed by atoms with Crippen LogP contribution in [0.4, 0.5) is 0 Å². The van der Waals surface area contributed by atoms with Gasteiger partial charge in [-0.05, 0) is 23.1 Å². The molecule has 3 heteroatoms. The van der Waals surface area contributed by atoms with Crippen LogP contribution in [0.15, 0.2) is 36.4 Å². The van der Waals surface area contributed by atoms with Crippen molar-refractivity contribution >= 4 is 17.3 Å². The molecule has 2 nitrogen and oxygen atoms in total. The van der Waals surface area contributed by atoms with Crippen molar-refractivity contribution in [2.24, 2.45) is 0 Å². The minimum atomic E-state index is -0.848. The second-order valence-corrected chi connectivity index (χ2v) is 5.27. The molecule has 0 radical (unpaired) electrons. The number of thiophene rings is 1. The molecule has 1 aromatic carbocycles. The maximum Gasteiger partial charge on any atom is 0.345 e. The van der Waals surface area contributed by atoms with E-state index in [1.54, 1.807) is 6.07 Å². The molecule has 0 saturated heterocycles. The Morgan fingerprint density at radius 1 is 1.24 bits per heavy atom. The average Bonchev–Trinajstić information content (AvgIpc) is 2.75. The van der Waals surface area contributed by atoms with Gasteiger partial charge in [0.2, 0.25) is 0 Å². The van der Waals surface area contributed by atoms with Crippen molar-refractivity contribution in [2.75, 3.05) is 0 Å². The summed E-state index contributed by atoms with van der Waals surface area (Å²) in [6.07, 6.45) is 0. The van der Waals surface area contributed by atoms with E-state index in [4.69, 9.17) is 5.11 Å². The Bertz CT molecular complexity index is 526. The highest BCUT2D eigenvalue weighted by Crippen LogP contribution is 2.36. The van der Waals surface area contributed by atoms with E-state index in [-0.39, 0.29) is 0 Å². The molecule has 2 rings (SSSR count). The van der Waals surface area contributed by atoms with E-state index in [1.807, 2.05) is 30.3 Å². The van der Waals surface area contributed by atoms with Crippen LogP contribution in [0, 0.1) is 0 Å². The lowest BCUT2D eigenvalue weighted by atomic mass is 10.0. The first-order valence-corrected chi connectivity index (χ1v) is 6.33. The summed E-state index contributed by atoms with van der Waals surface area (Å²) >= 11 is 1.35. The molecular weight excluding hydrogens is 232 g/mol. The highest BCUT2D eigenvalue weighted by molar-refractivity contribution is 7.17. The largest absolute Gasteiger partial charge is 0.477 e. The highest BCUT2D eigenvalue weighted by atomic mass is 32.1. The smallest absolute Gasteiger partial charge is 0.345 e. The molecule has 0 aliphatic rings. The number of benzene rings is 1. The monoisotopic (exact) mass is 246 g/mol. The van der Waals surface area contributed by atoms with Crippen LogP contribution in [0.25, 0.3) is 10.4 Å². The fourth-order valence-corrected chi connectivity index (χ4v) is 2.91. The zero-order valence-corrected chi connectivity index (χ0v) is 10.6. The fraction of sp³-hybridized carbons (Fsp3) is 0.214. The van der Waals surface area contributed by atoms with Gasteiger partial charge in [0.25, 0.3) is 0 Å². The molecule has 0 spiro atoms. The molecule has 0 unspecified atom stereocenters. The molecule has 88 valence electrons. The second kappa shape index (κ2) is 4.72. The van der Waals surface area contributed by atoms with Crippen molar-refractivity contribution in [3.63, 3.8) is 0 Å². The van der Waals surface area contributed by atoms with Crippen molar-refractivity contribution in [2.45, 2.75) is 19.8 Å². The van der Waals surface area contributed by atoms with E-state index >= 15 is 0 Å². The third-order valence-corrected chi connectivity index (χ3v) is 3.82. The molecule has 0 fully saturated rings. The molecule has 0 aliphatic carbocycles. The van der Waals surface area contributed by atoms with E-state index < -0.39 is 5.97 Å². The first kappa shape index (κ1) is 11.9. The van der Waals surface area contributed by atoms with Crippen molar-refractivity contribution in [3.8, 4) is 10.4 Å². The predicted octanol–water partition coefficient (Wildman–Crippen LogP) is 4.24. The molecule has 1 heterocycles. The lowest BCUT2D eigenvalue weighted by Gasteiger charge is -2.06. The summed E-state index contributed by atoms with van der Waals surface area (Å²) in [5, 5.41) is 9.06. The number of carboxylic acids is 1. The normalized spacial score (nSPS) is 10.8. The Balaban J connectivity index is 2.56. The first-order valence-electron chi connectivity index (χ1n) is 5.52. The average molecular weight is 246 g/mol. The maximum atomic E-state index is 11.0. The lowest BCUT2D eigenvalue weighted by Crippen LogP contribution is -1.91. The third-order valence-electron chi connectivity index (χ3n) is 2.63. The van der Waals surface area contributed by atoms with Crippen LogP contribution in [0.1, 0.15) is 35.0 Å². The van der Waals surface area contributed by atoms with Gasteiger partial charge in [-0.25, -0.2) is 4.79 Å². The molecule has 0 atom stereocenters. The quantitative estimate of drug-likeness (QED) is 0.879. The number of carbonyl (C=O) groups is 1. The van der Waals surface area contributed by atoms with Crippen LogP contribution < -0.4 is 0 Å². The van der Waals surface area contributed by atoms with Gasteiger partial charge in [0.1, 0.15) is 4.88 Å². The van der Waals surface area contributed by atoms with Gasteiger partial charge in [-0.15, -0.1) is 11.3 Å². The van der Waals surface area contributed by atoms with Crippen molar-refractivity contribution in [3.05, 3.63) is 46.8 Å². The van der Waals surface area contributed by atoms with Gasteiger partial charge in [-0.1, -0.05) is 44.2 Å². The van der Waals surface area contributed by atoms with Crippen LogP contribution in [-0.4, -0.2) is 11.1 Å². The van der Waals surface area contributed by atoms with E-state index in [2.05, 4.69) is 13.8 Å². The summed E-state index contributed by atoms with van der Waals surface area (Å²) in [5.74, 6) is -0.520. The fourth-order valence-electron chi connectivity index (χ4n) is 1.75. The maximum absolute atomic E-state index is 11.0. The Hall–Kier alpha value is -1.61. The van der Waals surface area contributed by atoms with Gasteiger partial charge < -0.3 is 5.11 Å². The van der Waals surface area contributed by atoms with Gasteiger partial charge in [-0.2, -0.15) is 0 Å². The molecule has 0 saturated carbocycles. The zero-order chi connectivity index (χ0) is 12.4. The SMILES string of the molecule is CC(C)c1cc(C(=O)O)sc1-c1ccccc1. The Kier molecular flexibility index (Phi) is 3.29. The standard InChI is InChI=1S/C14H14O2S/c1-9(2)11-8-12(14(15)16)17-13(11)10-6-4-3-5-7-10/h3-9H,1-2H3,(H,15,16). The van der Waals surface area contributed by atoms with Gasteiger partial charge in [-0.3, -0.25) is 0 Å². The summed E-state index contributed by atoms with van der Waals surface area (Å²) in [7, 11) is 0. The van der Waals surface area contributed by atoms with E-state index in [1.165, 1.54) is 11.3 Å². The zero-order valence-electron chi connectivity index (χ0n) is 9.81. The number of carboxylic acid groups (broad SMARTS) is 1. The number of rotatable bonds is 3. The topological polar surface area (TPSA) is 37.3 Å². The van der Waals surface area contributed by atoms with E-state index in [0.717, 1.165) is 16.0 Å². The van der Waals surface area contributed by atoms with E-state index in [0.29, 0.717) is 10.8 Å². The van der Waals surface area contributed by atoms with Crippen LogP contribution >= 0.6 is 11.3 Å². The summed E-state index contributed by atoms with van der Waals surface area (Å²) in [5.41, 5.74) is 2.20. The van der Waals surface area contributed by atoms with E-state index in [9.17, 15) is 4.79 Å². The van der Waals surface area contributed by atoms with Gasteiger partial charge in [0, 0.05) is 4.88 Å². The Labute approximate surface area is 105 Å². The number of hydrogen-bond acceptors (Lipinski definition) is 2. The molecule has 0 aliphatic heterocycles. The molecule has 2 aromatic rings. The molecule has 1 N–H and O–H groups in total. The predicted molar refractivity (Wildman–Crippen MR) is 70.8 cm³/mol. The summed E-state index contributed by atoms with van der Waals surface area (Å²) < 4.78 is 0. The van der Waals surface area contributed by atoms with Gasteiger partial charge >= 0.3 is 5.97 Å². The van der Waals surface area contributed by atoms with Crippen molar-refractivity contribution in [1.82, 2.24) is 0 Å². The number of hydrogen-bond donors (Lipinski definition) is 1. The Morgan fingerprint density at radius 3 is 2.41 bits per heavy atom. The first-order chi connectivity index (χ1) is 8.09. The summed E-state index contributed by atoms with van der Waals surface area (Å²) in [4.78, 5) is 12.5.